The Kier molecular flexibility index (Phi) is 9.17. The molecule has 1 fully saturated rings. The standard InChI is InChI=1S/C20H27FN4O2.HI/c1-22-20(25(2)11-12-26-13-15-3-4-15)23-10-9-18-14-27-19(24-18)16-5-7-17(21)8-6-16;/h5-8,14-15H,3-4,9-13H2,1-2H3,(H,22,23);1H. The Morgan fingerprint density at radius 3 is 2.79 bits per heavy atom. The van der Waals surface area contributed by atoms with E-state index in [1.54, 1.807) is 25.4 Å². The van der Waals surface area contributed by atoms with Crippen molar-refractivity contribution in [3.8, 4) is 11.5 Å². The Balaban J connectivity index is 0.00000280. The SMILES string of the molecule is CN=C(NCCc1coc(-c2ccc(F)cc2)n1)N(C)CCOCC1CC1.I. The minimum atomic E-state index is -0.275. The number of likely N-dealkylation sites (N-methyl/N-ethyl adjacent to an activating group) is 1. The summed E-state index contributed by atoms with van der Waals surface area (Å²) in [4.78, 5) is 10.8. The molecule has 0 spiro atoms. The maximum absolute atomic E-state index is 13.0. The zero-order valence-electron chi connectivity index (χ0n) is 16.4. The molecule has 0 saturated heterocycles. The first-order valence-corrected chi connectivity index (χ1v) is 9.35. The third kappa shape index (κ3) is 7.05. The van der Waals surface area contributed by atoms with E-state index >= 15 is 0 Å². The van der Waals surface area contributed by atoms with Gasteiger partial charge in [-0.2, -0.15) is 0 Å². The van der Waals surface area contributed by atoms with Crippen molar-refractivity contribution in [3.05, 3.63) is 42.0 Å². The molecule has 0 amide bonds. The number of nitrogens with zero attached hydrogens (tertiary/aromatic N) is 3. The summed E-state index contributed by atoms with van der Waals surface area (Å²) in [6, 6.07) is 6.11. The highest BCUT2D eigenvalue weighted by molar-refractivity contribution is 14.0. The number of benzene rings is 1. The fourth-order valence-corrected chi connectivity index (χ4v) is 2.68. The third-order valence-electron chi connectivity index (χ3n) is 4.50. The zero-order chi connectivity index (χ0) is 19.1. The van der Waals surface area contributed by atoms with Crippen molar-refractivity contribution in [2.24, 2.45) is 10.9 Å². The van der Waals surface area contributed by atoms with E-state index in [0.29, 0.717) is 25.5 Å². The molecule has 1 heterocycles. The van der Waals surface area contributed by atoms with Gasteiger partial charge in [0.05, 0.1) is 12.3 Å². The zero-order valence-corrected chi connectivity index (χ0v) is 18.7. The molecule has 1 N–H and O–H groups in total. The fraction of sp³-hybridized carbons (Fsp3) is 0.500. The molecule has 0 unspecified atom stereocenters. The van der Waals surface area contributed by atoms with Crippen LogP contribution in [0.15, 0.2) is 39.9 Å². The molecule has 1 aliphatic rings. The number of nitrogens with one attached hydrogen (secondary N) is 1. The van der Waals surface area contributed by atoms with Crippen LogP contribution in [0.1, 0.15) is 18.5 Å². The van der Waals surface area contributed by atoms with Gasteiger partial charge in [0.25, 0.3) is 0 Å². The Morgan fingerprint density at radius 2 is 2.11 bits per heavy atom. The smallest absolute Gasteiger partial charge is 0.226 e. The van der Waals surface area contributed by atoms with Gasteiger partial charge >= 0.3 is 0 Å². The molecule has 3 rings (SSSR count). The number of ether oxygens (including phenoxy) is 1. The summed E-state index contributed by atoms with van der Waals surface area (Å²) in [6.45, 7) is 3.07. The second-order valence-corrected chi connectivity index (χ2v) is 6.81. The summed E-state index contributed by atoms with van der Waals surface area (Å²) in [5.74, 6) is 1.84. The molecule has 28 heavy (non-hydrogen) atoms. The molecule has 1 aromatic heterocycles. The maximum atomic E-state index is 13.0. The van der Waals surface area contributed by atoms with Gasteiger partial charge in [0.15, 0.2) is 5.96 Å². The average Bonchev–Trinajstić information content (AvgIpc) is 3.39. The van der Waals surface area contributed by atoms with Crippen molar-refractivity contribution in [1.29, 1.82) is 0 Å². The van der Waals surface area contributed by atoms with E-state index in [0.717, 1.165) is 36.3 Å². The largest absolute Gasteiger partial charge is 0.444 e. The van der Waals surface area contributed by atoms with Crippen LogP contribution in [0, 0.1) is 11.7 Å². The van der Waals surface area contributed by atoms with Gasteiger partial charge in [-0.1, -0.05) is 0 Å². The lowest BCUT2D eigenvalue weighted by molar-refractivity contribution is 0.115. The molecule has 0 aliphatic heterocycles. The lowest BCUT2D eigenvalue weighted by Crippen LogP contribution is -2.41. The third-order valence-corrected chi connectivity index (χ3v) is 4.50. The van der Waals surface area contributed by atoms with Crippen molar-refractivity contribution >= 4 is 29.9 Å². The molecule has 0 atom stereocenters. The van der Waals surface area contributed by atoms with Crippen molar-refractivity contribution in [2.45, 2.75) is 19.3 Å². The molecule has 154 valence electrons. The van der Waals surface area contributed by atoms with Crippen LogP contribution in [0.5, 0.6) is 0 Å². The minimum absolute atomic E-state index is 0. The molecular weight excluding hydrogens is 474 g/mol. The van der Waals surface area contributed by atoms with E-state index in [1.165, 1.54) is 25.0 Å². The van der Waals surface area contributed by atoms with Crippen LogP contribution >= 0.6 is 24.0 Å². The topological polar surface area (TPSA) is 62.9 Å². The predicted octanol–water partition coefficient (Wildman–Crippen LogP) is 3.58. The van der Waals surface area contributed by atoms with E-state index in [9.17, 15) is 4.39 Å². The summed E-state index contributed by atoms with van der Waals surface area (Å²) >= 11 is 0. The van der Waals surface area contributed by atoms with Crippen LogP contribution in [0.25, 0.3) is 11.5 Å². The van der Waals surface area contributed by atoms with Crippen molar-refractivity contribution in [3.63, 3.8) is 0 Å². The van der Waals surface area contributed by atoms with Crippen LogP contribution in [-0.2, 0) is 11.2 Å². The first-order valence-electron chi connectivity index (χ1n) is 9.35. The highest BCUT2D eigenvalue weighted by atomic mass is 127. The van der Waals surface area contributed by atoms with Crippen LogP contribution in [0.4, 0.5) is 4.39 Å². The lowest BCUT2D eigenvalue weighted by atomic mass is 10.2. The van der Waals surface area contributed by atoms with Crippen LogP contribution in [-0.4, -0.2) is 56.2 Å². The monoisotopic (exact) mass is 502 g/mol. The number of guanidine groups is 1. The van der Waals surface area contributed by atoms with Gasteiger partial charge in [-0.25, -0.2) is 9.37 Å². The van der Waals surface area contributed by atoms with Gasteiger partial charge in [0.1, 0.15) is 12.1 Å². The Hall–Kier alpha value is -1.68. The minimum Gasteiger partial charge on any atom is -0.444 e. The van der Waals surface area contributed by atoms with Gasteiger partial charge in [-0.3, -0.25) is 4.99 Å². The summed E-state index contributed by atoms with van der Waals surface area (Å²) in [5, 5.41) is 3.33. The van der Waals surface area contributed by atoms with Gasteiger partial charge < -0.3 is 19.4 Å². The summed E-state index contributed by atoms with van der Waals surface area (Å²) in [7, 11) is 3.77. The van der Waals surface area contributed by atoms with Gasteiger partial charge in [-0.15, -0.1) is 24.0 Å². The summed E-state index contributed by atoms with van der Waals surface area (Å²) in [6.07, 6.45) is 4.96. The number of oxazole rings is 1. The van der Waals surface area contributed by atoms with E-state index in [2.05, 4.69) is 20.2 Å². The highest BCUT2D eigenvalue weighted by Crippen LogP contribution is 2.28. The number of aromatic nitrogens is 1. The molecule has 1 aliphatic carbocycles. The number of aliphatic imine (C=N–C) groups is 1. The Bertz CT molecular complexity index is 747. The second kappa shape index (κ2) is 11.4. The number of halogens is 2. The number of hydrogen-bond acceptors (Lipinski definition) is 4. The van der Waals surface area contributed by atoms with E-state index < -0.39 is 0 Å². The van der Waals surface area contributed by atoms with Crippen LogP contribution in [0.3, 0.4) is 0 Å². The summed E-state index contributed by atoms with van der Waals surface area (Å²) < 4.78 is 24.2. The molecule has 2 aromatic rings. The Morgan fingerprint density at radius 1 is 1.36 bits per heavy atom. The molecular formula is C20H28FIN4O2. The van der Waals surface area contributed by atoms with Crippen LogP contribution in [0.2, 0.25) is 0 Å². The lowest BCUT2D eigenvalue weighted by Gasteiger charge is -2.21. The molecule has 8 heteroatoms. The Labute approximate surface area is 182 Å². The molecule has 0 bridgehead atoms. The molecule has 1 saturated carbocycles. The molecule has 1 aromatic carbocycles. The first kappa shape index (κ1) is 22.6. The van der Waals surface area contributed by atoms with E-state index in [-0.39, 0.29) is 29.8 Å². The van der Waals surface area contributed by atoms with E-state index in [1.807, 2.05) is 7.05 Å². The second-order valence-electron chi connectivity index (χ2n) is 6.81. The van der Waals surface area contributed by atoms with Gasteiger partial charge in [0, 0.05) is 45.8 Å². The van der Waals surface area contributed by atoms with Gasteiger partial charge in [0.2, 0.25) is 5.89 Å². The number of rotatable bonds is 9. The van der Waals surface area contributed by atoms with Gasteiger partial charge in [-0.05, 0) is 43.0 Å². The van der Waals surface area contributed by atoms with E-state index in [4.69, 9.17) is 9.15 Å². The fourth-order valence-electron chi connectivity index (χ4n) is 2.68. The molecule has 6 nitrogen and oxygen atoms in total. The van der Waals surface area contributed by atoms with Crippen molar-refractivity contribution in [1.82, 2.24) is 15.2 Å². The average molecular weight is 502 g/mol. The van der Waals surface area contributed by atoms with Crippen molar-refractivity contribution < 1.29 is 13.5 Å². The van der Waals surface area contributed by atoms with Crippen molar-refractivity contribution in [2.75, 3.05) is 40.4 Å². The highest BCUT2D eigenvalue weighted by Gasteiger charge is 2.21. The predicted molar refractivity (Wildman–Crippen MR) is 119 cm³/mol. The quantitative estimate of drug-likeness (QED) is 0.246. The normalized spacial score (nSPS) is 13.9. The maximum Gasteiger partial charge on any atom is 0.226 e. The van der Waals surface area contributed by atoms with Crippen LogP contribution < -0.4 is 5.32 Å². The molecule has 0 radical (unpaired) electrons. The first-order chi connectivity index (χ1) is 13.2. The summed E-state index contributed by atoms with van der Waals surface area (Å²) in [5.41, 5.74) is 1.60. The number of hydrogen-bond donors (Lipinski definition) is 1.